The molecule has 8 heavy (non-hydrogen) atoms. The van der Waals surface area contributed by atoms with Crippen molar-refractivity contribution in [2.45, 2.75) is 12.5 Å². The number of methoxy groups -OCH3 is 1. The Morgan fingerprint density at radius 2 is 2.38 bits per heavy atom. The van der Waals surface area contributed by atoms with Crippen molar-refractivity contribution in [2.24, 2.45) is 0 Å². The van der Waals surface area contributed by atoms with E-state index in [9.17, 15) is 0 Å². The van der Waals surface area contributed by atoms with Gasteiger partial charge in [-0.2, -0.15) is 0 Å². The lowest BCUT2D eigenvalue weighted by atomic mass is 10.1. The minimum absolute atomic E-state index is 0.319. The molecule has 1 aliphatic rings. The van der Waals surface area contributed by atoms with E-state index in [1.807, 2.05) is 12.2 Å². The average Bonchev–Trinajstić information content (AvgIpc) is 1.90. The van der Waals surface area contributed by atoms with E-state index < -0.39 is 0 Å². The van der Waals surface area contributed by atoms with Crippen LogP contribution in [-0.2, 0) is 4.74 Å². The topological polar surface area (TPSA) is 9.23 Å². The second-order valence-electron chi connectivity index (χ2n) is 1.82. The molecule has 1 atom stereocenters. The molecule has 1 nitrogen and oxygen atoms in total. The summed E-state index contributed by atoms with van der Waals surface area (Å²) in [6, 6.07) is 0. The number of ether oxygens (including phenoxy) is 1. The molecular formula is C7H10O. The van der Waals surface area contributed by atoms with Crippen LogP contribution in [0.2, 0.25) is 0 Å². The lowest BCUT2D eigenvalue weighted by molar-refractivity contribution is 0.142. The average molecular weight is 110 g/mol. The Labute approximate surface area is 49.7 Å². The van der Waals surface area contributed by atoms with E-state index in [1.165, 1.54) is 0 Å². The molecule has 0 N–H and O–H groups in total. The molecule has 0 aromatic heterocycles. The van der Waals surface area contributed by atoms with Crippen LogP contribution in [0.25, 0.3) is 0 Å². The van der Waals surface area contributed by atoms with Crippen LogP contribution in [0.5, 0.6) is 0 Å². The summed E-state index contributed by atoms with van der Waals surface area (Å²) in [4.78, 5) is 0. The van der Waals surface area contributed by atoms with Crippen molar-refractivity contribution in [3.05, 3.63) is 24.3 Å². The standard InChI is InChI=1S/C7H10O/c1-8-7-5-3-2-4-6-7/h2-5,7H,6H2,1H3/t7-/m1/s1. The van der Waals surface area contributed by atoms with Gasteiger partial charge in [0.15, 0.2) is 0 Å². The summed E-state index contributed by atoms with van der Waals surface area (Å²) < 4.78 is 5.05. The van der Waals surface area contributed by atoms with Gasteiger partial charge in [0.25, 0.3) is 0 Å². The molecule has 0 bridgehead atoms. The first-order valence-corrected chi connectivity index (χ1v) is 2.79. The maximum absolute atomic E-state index is 5.05. The second kappa shape index (κ2) is 2.68. The fourth-order valence-electron chi connectivity index (χ4n) is 0.733. The highest BCUT2D eigenvalue weighted by Gasteiger charge is 1.99. The van der Waals surface area contributed by atoms with Crippen LogP contribution in [0, 0.1) is 0 Å². The molecule has 0 heterocycles. The first-order valence-electron chi connectivity index (χ1n) is 2.79. The molecule has 0 saturated heterocycles. The van der Waals surface area contributed by atoms with Crippen LogP contribution in [0.15, 0.2) is 24.3 Å². The Balaban J connectivity index is 2.40. The Bertz CT molecular complexity index is 114. The zero-order valence-electron chi connectivity index (χ0n) is 5.00. The van der Waals surface area contributed by atoms with Crippen LogP contribution in [0.1, 0.15) is 6.42 Å². The van der Waals surface area contributed by atoms with E-state index in [1.54, 1.807) is 7.11 Å². The summed E-state index contributed by atoms with van der Waals surface area (Å²) in [5.74, 6) is 0. The molecule has 0 aliphatic heterocycles. The maximum atomic E-state index is 5.05. The van der Waals surface area contributed by atoms with Crippen LogP contribution < -0.4 is 0 Å². The zero-order chi connectivity index (χ0) is 5.82. The highest BCUT2D eigenvalue weighted by Crippen LogP contribution is 2.04. The molecule has 0 saturated carbocycles. The first-order chi connectivity index (χ1) is 3.93. The van der Waals surface area contributed by atoms with Crippen molar-refractivity contribution < 1.29 is 4.74 Å². The Kier molecular flexibility index (Phi) is 1.86. The fraction of sp³-hybridized carbons (Fsp3) is 0.429. The molecule has 0 aromatic carbocycles. The summed E-state index contributed by atoms with van der Waals surface area (Å²) in [5, 5.41) is 0. The van der Waals surface area contributed by atoms with E-state index >= 15 is 0 Å². The fourth-order valence-corrected chi connectivity index (χ4v) is 0.733. The quantitative estimate of drug-likeness (QED) is 0.497. The lowest BCUT2D eigenvalue weighted by Gasteiger charge is -2.08. The molecule has 1 rings (SSSR count). The molecule has 0 unspecified atom stereocenters. The van der Waals surface area contributed by atoms with E-state index in [4.69, 9.17) is 4.74 Å². The van der Waals surface area contributed by atoms with Crippen LogP contribution in [0.4, 0.5) is 0 Å². The zero-order valence-corrected chi connectivity index (χ0v) is 5.00. The molecule has 1 heteroatoms. The number of hydrogen-bond donors (Lipinski definition) is 0. The number of hydrogen-bond acceptors (Lipinski definition) is 1. The molecule has 0 fully saturated rings. The Morgan fingerprint density at radius 1 is 1.50 bits per heavy atom. The smallest absolute Gasteiger partial charge is 0.0789 e. The van der Waals surface area contributed by atoms with Crippen molar-refractivity contribution >= 4 is 0 Å². The SMILES string of the molecule is CO[C@@H]1C=CC=CC1. The lowest BCUT2D eigenvalue weighted by Crippen LogP contribution is -2.05. The molecule has 44 valence electrons. The molecule has 0 spiro atoms. The van der Waals surface area contributed by atoms with Crippen LogP contribution in [0.3, 0.4) is 0 Å². The molecule has 0 radical (unpaired) electrons. The van der Waals surface area contributed by atoms with Gasteiger partial charge in [-0.15, -0.1) is 0 Å². The van der Waals surface area contributed by atoms with Crippen LogP contribution >= 0.6 is 0 Å². The minimum atomic E-state index is 0.319. The highest BCUT2D eigenvalue weighted by atomic mass is 16.5. The van der Waals surface area contributed by atoms with E-state index in [2.05, 4.69) is 12.2 Å². The van der Waals surface area contributed by atoms with Crippen LogP contribution in [-0.4, -0.2) is 13.2 Å². The first kappa shape index (κ1) is 5.57. The molecule has 0 aromatic rings. The monoisotopic (exact) mass is 110 g/mol. The van der Waals surface area contributed by atoms with Gasteiger partial charge in [0.2, 0.25) is 0 Å². The number of rotatable bonds is 1. The normalized spacial score (nSPS) is 26.4. The van der Waals surface area contributed by atoms with E-state index in [0.717, 1.165) is 6.42 Å². The summed E-state index contributed by atoms with van der Waals surface area (Å²) >= 11 is 0. The van der Waals surface area contributed by atoms with Crippen molar-refractivity contribution in [1.82, 2.24) is 0 Å². The summed E-state index contributed by atoms with van der Waals surface area (Å²) in [6.45, 7) is 0. The Hall–Kier alpha value is -0.560. The maximum Gasteiger partial charge on any atom is 0.0789 e. The molecule has 0 amide bonds. The van der Waals surface area contributed by atoms with Gasteiger partial charge in [-0.25, -0.2) is 0 Å². The van der Waals surface area contributed by atoms with Crippen molar-refractivity contribution in [2.75, 3.05) is 7.11 Å². The second-order valence-corrected chi connectivity index (χ2v) is 1.82. The van der Waals surface area contributed by atoms with Crippen molar-refractivity contribution in [3.8, 4) is 0 Å². The minimum Gasteiger partial charge on any atom is -0.377 e. The van der Waals surface area contributed by atoms with E-state index in [-0.39, 0.29) is 0 Å². The summed E-state index contributed by atoms with van der Waals surface area (Å²) in [7, 11) is 1.73. The third-order valence-corrected chi connectivity index (χ3v) is 1.24. The van der Waals surface area contributed by atoms with Gasteiger partial charge < -0.3 is 4.74 Å². The van der Waals surface area contributed by atoms with Gasteiger partial charge in [-0.3, -0.25) is 0 Å². The molecule has 1 aliphatic carbocycles. The number of allylic oxidation sites excluding steroid dienone is 2. The van der Waals surface area contributed by atoms with Crippen molar-refractivity contribution in [1.29, 1.82) is 0 Å². The third-order valence-electron chi connectivity index (χ3n) is 1.24. The largest absolute Gasteiger partial charge is 0.377 e. The summed E-state index contributed by atoms with van der Waals surface area (Å²) in [6.07, 6.45) is 9.55. The third kappa shape index (κ3) is 1.20. The van der Waals surface area contributed by atoms with Crippen molar-refractivity contribution in [3.63, 3.8) is 0 Å². The van der Waals surface area contributed by atoms with Gasteiger partial charge in [0.1, 0.15) is 0 Å². The van der Waals surface area contributed by atoms with E-state index in [0.29, 0.717) is 6.10 Å². The van der Waals surface area contributed by atoms with Gasteiger partial charge in [0.05, 0.1) is 6.10 Å². The van der Waals surface area contributed by atoms with Gasteiger partial charge in [-0.05, 0) is 6.42 Å². The highest BCUT2D eigenvalue weighted by molar-refractivity contribution is 5.11. The van der Waals surface area contributed by atoms with Gasteiger partial charge >= 0.3 is 0 Å². The Morgan fingerprint density at radius 3 is 2.75 bits per heavy atom. The molecular weight excluding hydrogens is 100 g/mol. The summed E-state index contributed by atoms with van der Waals surface area (Å²) in [5.41, 5.74) is 0. The predicted molar refractivity (Wildman–Crippen MR) is 33.7 cm³/mol. The van der Waals surface area contributed by atoms with Gasteiger partial charge in [0, 0.05) is 7.11 Å². The van der Waals surface area contributed by atoms with Gasteiger partial charge in [-0.1, -0.05) is 24.3 Å². The predicted octanol–water partition coefficient (Wildman–Crippen LogP) is 1.52.